The first kappa shape index (κ1) is 20.9. The van der Waals surface area contributed by atoms with Gasteiger partial charge in [0.25, 0.3) is 0 Å². The number of carbonyl (C=O) groups excluding carboxylic acids is 3. The topological polar surface area (TPSA) is 60.9 Å². The van der Waals surface area contributed by atoms with E-state index in [2.05, 4.69) is 11.8 Å². The van der Waals surface area contributed by atoms with Crippen molar-refractivity contribution in [3.63, 3.8) is 0 Å². The van der Waals surface area contributed by atoms with Crippen LogP contribution in [0.3, 0.4) is 0 Å². The Hall–Kier alpha value is -2.37. The molecule has 1 aromatic rings. The molecule has 30 heavy (non-hydrogen) atoms. The Balaban J connectivity index is 1.31. The summed E-state index contributed by atoms with van der Waals surface area (Å²) >= 11 is 0. The van der Waals surface area contributed by atoms with Crippen molar-refractivity contribution in [2.75, 3.05) is 31.1 Å². The van der Waals surface area contributed by atoms with Crippen LogP contribution in [0.4, 0.5) is 5.69 Å². The number of hydrogen-bond donors (Lipinski definition) is 0. The van der Waals surface area contributed by atoms with Crippen molar-refractivity contribution >= 4 is 23.4 Å². The molecule has 0 bridgehead atoms. The molecule has 0 aliphatic carbocycles. The van der Waals surface area contributed by atoms with Gasteiger partial charge in [0.2, 0.25) is 17.7 Å². The minimum atomic E-state index is -0.281. The van der Waals surface area contributed by atoms with Crippen LogP contribution < -0.4 is 4.90 Å². The van der Waals surface area contributed by atoms with E-state index >= 15 is 0 Å². The summed E-state index contributed by atoms with van der Waals surface area (Å²) in [6, 6.07) is 9.94. The number of benzene rings is 1. The minimum absolute atomic E-state index is 0.0142. The number of piperidine rings is 2. The van der Waals surface area contributed by atoms with Crippen LogP contribution >= 0.6 is 0 Å². The fourth-order valence-corrected chi connectivity index (χ4v) is 5.29. The van der Waals surface area contributed by atoms with Gasteiger partial charge in [-0.2, -0.15) is 0 Å². The molecule has 0 aromatic heterocycles. The Labute approximate surface area is 179 Å². The number of nitrogens with zero attached hydrogens (tertiary/aromatic N) is 3. The normalized spacial score (nSPS) is 25.6. The summed E-state index contributed by atoms with van der Waals surface area (Å²) < 4.78 is 0. The van der Waals surface area contributed by atoms with Gasteiger partial charge in [-0.1, -0.05) is 25.1 Å². The maximum Gasteiger partial charge on any atom is 0.228 e. The molecule has 6 nitrogen and oxygen atoms in total. The summed E-state index contributed by atoms with van der Waals surface area (Å²) in [7, 11) is 0. The van der Waals surface area contributed by atoms with E-state index in [0.717, 1.165) is 44.3 Å². The zero-order chi connectivity index (χ0) is 21.1. The lowest BCUT2D eigenvalue weighted by Crippen LogP contribution is -2.50. The van der Waals surface area contributed by atoms with Crippen LogP contribution in [0.15, 0.2) is 30.3 Å². The van der Waals surface area contributed by atoms with Gasteiger partial charge < -0.3 is 14.7 Å². The maximum absolute atomic E-state index is 13.1. The lowest BCUT2D eigenvalue weighted by Gasteiger charge is -2.40. The summed E-state index contributed by atoms with van der Waals surface area (Å²) in [4.78, 5) is 44.3. The van der Waals surface area contributed by atoms with E-state index in [9.17, 15) is 14.4 Å². The Morgan fingerprint density at radius 2 is 1.67 bits per heavy atom. The molecule has 0 radical (unpaired) electrons. The minimum Gasteiger partial charge on any atom is -0.342 e. The highest BCUT2D eigenvalue weighted by Gasteiger charge is 2.39. The number of likely N-dealkylation sites (tertiary alicyclic amines) is 2. The van der Waals surface area contributed by atoms with Gasteiger partial charge in [-0.3, -0.25) is 14.4 Å². The third-order valence-electron chi connectivity index (χ3n) is 7.08. The lowest BCUT2D eigenvalue weighted by atomic mass is 9.91. The molecule has 3 aliphatic heterocycles. The van der Waals surface area contributed by atoms with Crippen LogP contribution in [0.2, 0.25) is 0 Å². The monoisotopic (exact) mass is 411 g/mol. The molecular weight excluding hydrogens is 378 g/mol. The molecule has 4 rings (SSSR count). The number of amides is 3. The van der Waals surface area contributed by atoms with Crippen LogP contribution in [0.1, 0.15) is 51.9 Å². The number of hydrogen-bond acceptors (Lipinski definition) is 3. The summed E-state index contributed by atoms with van der Waals surface area (Å²) in [6.07, 6.45) is 6.21. The van der Waals surface area contributed by atoms with Gasteiger partial charge in [0.1, 0.15) is 0 Å². The van der Waals surface area contributed by atoms with Gasteiger partial charge in [-0.15, -0.1) is 0 Å². The van der Waals surface area contributed by atoms with E-state index in [-0.39, 0.29) is 30.1 Å². The second kappa shape index (κ2) is 9.19. The van der Waals surface area contributed by atoms with Crippen molar-refractivity contribution in [2.45, 2.75) is 57.9 Å². The molecule has 0 spiro atoms. The smallest absolute Gasteiger partial charge is 0.228 e. The Morgan fingerprint density at radius 1 is 0.933 bits per heavy atom. The second-order valence-corrected chi connectivity index (χ2v) is 8.93. The predicted molar refractivity (Wildman–Crippen MR) is 116 cm³/mol. The summed E-state index contributed by atoms with van der Waals surface area (Å²) in [5, 5.41) is 0. The molecule has 3 amide bonds. The van der Waals surface area contributed by atoms with Crippen LogP contribution in [0.5, 0.6) is 0 Å². The van der Waals surface area contributed by atoms with Crippen molar-refractivity contribution in [3.05, 3.63) is 30.3 Å². The molecule has 3 aliphatic rings. The molecule has 2 unspecified atom stereocenters. The second-order valence-electron chi connectivity index (χ2n) is 8.93. The van der Waals surface area contributed by atoms with Crippen LogP contribution in [0, 0.1) is 11.8 Å². The van der Waals surface area contributed by atoms with E-state index in [1.807, 2.05) is 35.2 Å². The van der Waals surface area contributed by atoms with E-state index in [1.165, 1.54) is 6.42 Å². The summed E-state index contributed by atoms with van der Waals surface area (Å²) in [6.45, 7) is 4.74. The molecule has 162 valence electrons. The highest BCUT2D eigenvalue weighted by Crippen LogP contribution is 2.29. The van der Waals surface area contributed by atoms with Crippen molar-refractivity contribution < 1.29 is 14.4 Å². The average molecular weight is 412 g/mol. The Morgan fingerprint density at radius 3 is 2.37 bits per heavy atom. The van der Waals surface area contributed by atoms with Gasteiger partial charge in [0.15, 0.2) is 0 Å². The number of carbonyl (C=O) groups is 3. The SMILES string of the molecule is CCC1CCCCN1C(=O)C1CCN(C(=O)C2CC(=O)N(c3ccccc3)C2)CC1. The molecular formula is C24H33N3O3. The standard InChI is InChI=1S/C24H33N3O3/c1-2-20-8-6-7-13-26(20)24(30)18-11-14-25(15-12-18)23(29)19-16-22(28)27(17-19)21-9-4-3-5-10-21/h3-5,9-10,18-20H,2,6-8,11-17H2,1H3. The van der Waals surface area contributed by atoms with E-state index in [0.29, 0.717) is 31.6 Å². The summed E-state index contributed by atoms with van der Waals surface area (Å²) in [5.41, 5.74) is 0.856. The fraction of sp³-hybridized carbons (Fsp3) is 0.625. The highest BCUT2D eigenvalue weighted by molar-refractivity contribution is 6.00. The first-order valence-corrected chi connectivity index (χ1v) is 11.5. The molecule has 3 fully saturated rings. The number of rotatable bonds is 4. The zero-order valence-electron chi connectivity index (χ0n) is 18.0. The fourth-order valence-electron chi connectivity index (χ4n) is 5.29. The zero-order valence-corrected chi connectivity index (χ0v) is 18.0. The molecule has 2 atom stereocenters. The molecule has 0 saturated carbocycles. The predicted octanol–water partition coefficient (Wildman–Crippen LogP) is 3.07. The number of anilines is 1. The van der Waals surface area contributed by atoms with Gasteiger partial charge in [0.05, 0.1) is 5.92 Å². The summed E-state index contributed by atoms with van der Waals surface area (Å²) in [5.74, 6) is 0.126. The molecule has 6 heteroatoms. The lowest BCUT2D eigenvalue weighted by molar-refractivity contribution is -0.144. The van der Waals surface area contributed by atoms with Crippen LogP contribution in [0.25, 0.3) is 0 Å². The maximum atomic E-state index is 13.1. The third-order valence-corrected chi connectivity index (χ3v) is 7.08. The van der Waals surface area contributed by atoms with Crippen molar-refractivity contribution in [2.24, 2.45) is 11.8 Å². The average Bonchev–Trinajstić information content (AvgIpc) is 3.20. The third kappa shape index (κ3) is 4.23. The van der Waals surface area contributed by atoms with Crippen LogP contribution in [-0.4, -0.2) is 59.7 Å². The quantitative estimate of drug-likeness (QED) is 0.765. The Kier molecular flexibility index (Phi) is 6.40. The van der Waals surface area contributed by atoms with E-state index in [1.54, 1.807) is 4.90 Å². The van der Waals surface area contributed by atoms with E-state index in [4.69, 9.17) is 0 Å². The molecule has 1 aromatic carbocycles. The number of para-hydroxylation sites is 1. The molecule has 3 heterocycles. The Bertz CT molecular complexity index is 773. The van der Waals surface area contributed by atoms with E-state index < -0.39 is 0 Å². The van der Waals surface area contributed by atoms with Gasteiger partial charge in [-0.25, -0.2) is 0 Å². The van der Waals surface area contributed by atoms with Gasteiger partial charge in [-0.05, 0) is 50.7 Å². The van der Waals surface area contributed by atoms with Crippen molar-refractivity contribution in [1.29, 1.82) is 0 Å². The van der Waals surface area contributed by atoms with Gasteiger partial charge in [0, 0.05) is 50.2 Å². The van der Waals surface area contributed by atoms with Crippen molar-refractivity contribution in [3.8, 4) is 0 Å². The highest BCUT2D eigenvalue weighted by atomic mass is 16.2. The molecule has 3 saturated heterocycles. The first-order valence-electron chi connectivity index (χ1n) is 11.5. The van der Waals surface area contributed by atoms with Gasteiger partial charge >= 0.3 is 0 Å². The van der Waals surface area contributed by atoms with Crippen LogP contribution in [-0.2, 0) is 14.4 Å². The molecule has 0 N–H and O–H groups in total. The largest absolute Gasteiger partial charge is 0.342 e. The first-order chi connectivity index (χ1) is 14.6. The van der Waals surface area contributed by atoms with Crippen molar-refractivity contribution in [1.82, 2.24) is 9.80 Å².